The number of halogens is 1. The molecule has 3 nitrogen and oxygen atoms in total. The summed E-state index contributed by atoms with van der Waals surface area (Å²) >= 11 is 5.85. The monoisotopic (exact) mass is 337 g/mol. The molecule has 0 saturated carbocycles. The van der Waals surface area contributed by atoms with Crippen molar-refractivity contribution in [1.82, 2.24) is 4.98 Å². The molecule has 0 aliphatic rings. The highest BCUT2D eigenvalue weighted by molar-refractivity contribution is 6.30. The lowest BCUT2D eigenvalue weighted by Gasteiger charge is -2.08. The highest BCUT2D eigenvalue weighted by Gasteiger charge is 2.09. The van der Waals surface area contributed by atoms with Crippen molar-refractivity contribution in [3.05, 3.63) is 94.1 Å². The van der Waals surface area contributed by atoms with Gasteiger partial charge >= 0.3 is 0 Å². The number of aromatic nitrogens is 1. The van der Waals surface area contributed by atoms with Crippen LogP contribution in [0.2, 0.25) is 5.02 Å². The summed E-state index contributed by atoms with van der Waals surface area (Å²) in [6.45, 7) is 2.36. The largest absolute Gasteiger partial charge is 0.473 e. The molecule has 0 N–H and O–H groups in total. The molecule has 0 amide bonds. The number of nitrogens with zero attached hydrogens (tertiary/aromatic N) is 1. The van der Waals surface area contributed by atoms with Gasteiger partial charge in [0, 0.05) is 27.9 Å². The smallest absolute Gasteiger partial charge is 0.216 e. The molecule has 0 saturated heterocycles. The minimum absolute atomic E-state index is 0.0281. The van der Waals surface area contributed by atoms with Crippen LogP contribution in [0.3, 0.4) is 0 Å². The number of ether oxygens (including phenoxy) is 1. The predicted octanol–water partition coefficient (Wildman–Crippen LogP) is 4.85. The van der Waals surface area contributed by atoms with Gasteiger partial charge < -0.3 is 4.74 Å². The summed E-state index contributed by atoms with van der Waals surface area (Å²) in [7, 11) is 0. The highest BCUT2D eigenvalue weighted by atomic mass is 35.5. The number of benzene rings is 2. The first-order valence-corrected chi connectivity index (χ1v) is 7.95. The van der Waals surface area contributed by atoms with Crippen LogP contribution < -0.4 is 4.74 Å². The Morgan fingerprint density at radius 1 is 1.00 bits per heavy atom. The lowest BCUT2D eigenvalue weighted by Crippen LogP contribution is -2.02. The number of ketones is 1. The Labute approximate surface area is 145 Å². The average Bonchev–Trinajstić information content (AvgIpc) is 2.62. The first-order valence-electron chi connectivity index (χ1n) is 7.57. The van der Waals surface area contributed by atoms with Crippen molar-refractivity contribution in [3.8, 4) is 5.88 Å². The zero-order valence-corrected chi connectivity index (χ0v) is 14.0. The number of pyridine rings is 1. The van der Waals surface area contributed by atoms with Gasteiger partial charge in [0.1, 0.15) is 6.61 Å². The van der Waals surface area contributed by atoms with E-state index in [4.69, 9.17) is 16.3 Å². The second-order valence-electron chi connectivity index (χ2n) is 5.45. The molecule has 1 aromatic heterocycles. The predicted molar refractivity (Wildman–Crippen MR) is 94.6 cm³/mol. The molecule has 0 bridgehead atoms. The lowest BCUT2D eigenvalue weighted by atomic mass is 10.0. The zero-order valence-electron chi connectivity index (χ0n) is 13.2. The van der Waals surface area contributed by atoms with E-state index in [1.54, 1.807) is 42.6 Å². The van der Waals surface area contributed by atoms with Gasteiger partial charge in [0.25, 0.3) is 0 Å². The van der Waals surface area contributed by atoms with Gasteiger partial charge in [-0.15, -0.1) is 0 Å². The Hall–Kier alpha value is -2.65. The molecule has 0 spiro atoms. The van der Waals surface area contributed by atoms with E-state index < -0.39 is 0 Å². The molecule has 3 rings (SSSR count). The van der Waals surface area contributed by atoms with Gasteiger partial charge in [0.15, 0.2) is 5.78 Å². The van der Waals surface area contributed by atoms with Crippen LogP contribution in [0.25, 0.3) is 0 Å². The number of hydrogen-bond donors (Lipinski definition) is 0. The summed E-state index contributed by atoms with van der Waals surface area (Å²) < 4.78 is 5.71. The van der Waals surface area contributed by atoms with E-state index in [-0.39, 0.29) is 5.78 Å². The SMILES string of the molecule is Cc1cccnc1OCc1ccc(C(=O)c2ccc(Cl)cc2)cc1. The van der Waals surface area contributed by atoms with Crippen molar-refractivity contribution in [2.75, 3.05) is 0 Å². The standard InChI is InChI=1S/C20H16ClNO2/c1-14-3-2-12-22-20(14)24-13-15-4-6-16(7-5-15)19(23)17-8-10-18(21)11-9-17/h2-12H,13H2,1H3. The Morgan fingerprint density at radius 2 is 1.62 bits per heavy atom. The number of rotatable bonds is 5. The third-order valence-electron chi connectivity index (χ3n) is 3.66. The van der Waals surface area contributed by atoms with Crippen LogP contribution in [-0.2, 0) is 6.61 Å². The molecule has 0 aliphatic heterocycles. The second-order valence-corrected chi connectivity index (χ2v) is 5.88. The third kappa shape index (κ3) is 3.81. The fraction of sp³-hybridized carbons (Fsp3) is 0.100. The van der Waals surface area contributed by atoms with Crippen molar-refractivity contribution >= 4 is 17.4 Å². The van der Waals surface area contributed by atoms with E-state index in [1.165, 1.54) is 0 Å². The fourth-order valence-corrected chi connectivity index (χ4v) is 2.42. The number of carbonyl (C=O) groups excluding carboxylic acids is 1. The van der Waals surface area contributed by atoms with E-state index in [9.17, 15) is 4.79 Å². The van der Waals surface area contributed by atoms with Crippen LogP contribution in [0.4, 0.5) is 0 Å². The van der Waals surface area contributed by atoms with Gasteiger partial charge in [-0.25, -0.2) is 4.98 Å². The summed E-state index contributed by atoms with van der Waals surface area (Å²) in [5.74, 6) is 0.596. The molecular formula is C20H16ClNO2. The van der Waals surface area contributed by atoms with Crippen molar-refractivity contribution in [2.24, 2.45) is 0 Å². The quantitative estimate of drug-likeness (QED) is 0.624. The molecule has 4 heteroatoms. The molecule has 0 fully saturated rings. The number of aryl methyl sites for hydroxylation is 1. The Balaban J connectivity index is 1.68. The average molecular weight is 338 g/mol. The van der Waals surface area contributed by atoms with Crippen LogP contribution in [-0.4, -0.2) is 10.8 Å². The van der Waals surface area contributed by atoms with Crippen LogP contribution in [0.15, 0.2) is 66.9 Å². The minimum atomic E-state index is -0.0281. The number of carbonyl (C=O) groups is 1. The molecule has 2 aromatic carbocycles. The van der Waals surface area contributed by atoms with E-state index in [0.29, 0.717) is 28.6 Å². The van der Waals surface area contributed by atoms with E-state index in [2.05, 4.69) is 4.98 Å². The fourth-order valence-electron chi connectivity index (χ4n) is 2.29. The molecular weight excluding hydrogens is 322 g/mol. The van der Waals surface area contributed by atoms with Gasteiger partial charge in [0.2, 0.25) is 5.88 Å². The van der Waals surface area contributed by atoms with Crippen LogP contribution in [0.1, 0.15) is 27.0 Å². The van der Waals surface area contributed by atoms with Gasteiger partial charge in [-0.1, -0.05) is 41.9 Å². The molecule has 24 heavy (non-hydrogen) atoms. The summed E-state index contributed by atoms with van der Waals surface area (Å²) in [4.78, 5) is 16.6. The van der Waals surface area contributed by atoms with Crippen molar-refractivity contribution in [1.29, 1.82) is 0 Å². The van der Waals surface area contributed by atoms with Crippen LogP contribution in [0.5, 0.6) is 5.88 Å². The van der Waals surface area contributed by atoms with Gasteiger partial charge in [-0.2, -0.15) is 0 Å². The molecule has 0 atom stereocenters. The highest BCUT2D eigenvalue weighted by Crippen LogP contribution is 2.17. The van der Waals surface area contributed by atoms with E-state index in [0.717, 1.165) is 11.1 Å². The van der Waals surface area contributed by atoms with Crippen molar-refractivity contribution in [3.63, 3.8) is 0 Å². The Morgan fingerprint density at radius 3 is 2.25 bits per heavy atom. The summed E-state index contributed by atoms with van der Waals surface area (Å²) in [5, 5.41) is 0.615. The van der Waals surface area contributed by atoms with Gasteiger partial charge in [0.05, 0.1) is 0 Å². The first kappa shape index (κ1) is 16.2. The van der Waals surface area contributed by atoms with E-state index >= 15 is 0 Å². The molecule has 0 aliphatic carbocycles. The molecule has 3 aromatic rings. The molecule has 0 radical (unpaired) electrons. The van der Waals surface area contributed by atoms with Crippen LogP contribution in [0, 0.1) is 6.92 Å². The first-order chi connectivity index (χ1) is 11.6. The maximum Gasteiger partial charge on any atom is 0.216 e. The second kappa shape index (κ2) is 7.28. The summed E-state index contributed by atoms with van der Waals surface area (Å²) in [6.07, 6.45) is 1.70. The topological polar surface area (TPSA) is 39.2 Å². The molecule has 120 valence electrons. The minimum Gasteiger partial charge on any atom is -0.473 e. The van der Waals surface area contributed by atoms with Crippen molar-refractivity contribution < 1.29 is 9.53 Å². The maximum atomic E-state index is 12.4. The Bertz CT molecular complexity index is 842. The van der Waals surface area contributed by atoms with Gasteiger partial charge in [-0.3, -0.25) is 4.79 Å². The van der Waals surface area contributed by atoms with Crippen molar-refractivity contribution in [2.45, 2.75) is 13.5 Å². The summed E-state index contributed by atoms with van der Waals surface area (Å²) in [5.41, 5.74) is 3.22. The van der Waals surface area contributed by atoms with Crippen LogP contribution >= 0.6 is 11.6 Å². The molecule has 1 heterocycles. The zero-order chi connectivity index (χ0) is 16.9. The third-order valence-corrected chi connectivity index (χ3v) is 3.91. The maximum absolute atomic E-state index is 12.4. The summed E-state index contributed by atoms with van der Waals surface area (Å²) in [6, 6.07) is 18.1. The van der Waals surface area contributed by atoms with E-state index in [1.807, 2.05) is 31.2 Å². The lowest BCUT2D eigenvalue weighted by molar-refractivity contribution is 0.103. The normalized spacial score (nSPS) is 10.4. The number of hydrogen-bond acceptors (Lipinski definition) is 3. The Kier molecular flexibility index (Phi) is 4.92. The van der Waals surface area contributed by atoms with Gasteiger partial charge in [-0.05, 0) is 42.8 Å². The molecule has 0 unspecified atom stereocenters.